The van der Waals surface area contributed by atoms with Gasteiger partial charge in [0.1, 0.15) is 30.2 Å². The summed E-state index contributed by atoms with van der Waals surface area (Å²) in [5.41, 5.74) is -0.0819. The Morgan fingerprint density at radius 3 is 2.47 bits per heavy atom. The van der Waals surface area contributed by atoms with Crippen LogP contribution in [0.25, 0.3) is 0 Å². The number of benzene rings is 2. The van der Waals surface area contributed by atoms with E-state index < -0.39 is 5.60 Å². The SMILES string of the molecule is CC(O)(COc1ccccc1)COC1C2CC(=O)O[C@@H]1CC2OCc1ccccc1. The molecule has 1 aliphatic carbocycles. The number of carbonyl (C=O) groups is 1. The Bertz CT molecular complexity index is 822. The van der Waals surface area contributed by atoms with Crippen molar-refractivity contribution in [3.05, 3.63) is 66.2 Å². The first kappa shape index (κ1) is 20.8. The molecule has 1 N–H and O–H groups in total. The van der Waals surface area contributed by atoms with Gasteiger partial charge in [0.05, 0.1) is 25.7 Å². The summed E-state index contributed by atoms with van der Waals surface area (Å²) in [5.74, 6) is 0.402. The average Bonchev–Trinajstić information content (AvgIpc) is 2.96. The zero-order chi connectivity index (χ0) is 21.0. The van der Waals surface area contributed by atoms with Crippen LogP contribution in [0.3, 0.4) is 0 Å². The van der Waals surface area contributed by atoms with Crippen molar-refractivity contribution in [2.45, 2.75) is 50.3 Å². The second-order valence-corrected chi connectivity index (χ2v) is 8.34. The van der Waals surface area contributed by atoms with Crippen LogP contribution in [0.15, 0.2) is 60.7 Å². The lowest BCUT2D eigenvalue weighted by Crippen LogP contribution is -2.45. The number of hydrogen-bond acceptors (Lipinski definition) is 6. The van der Waals surface area contributed by atoms with Gasteiger partial charge in [-0.1, -0.05) is 48.5 Å². The molecule has 1 heterocycles. The zero-order valence-electron chi connectivity index (χ0n) is 17.1. The van der Waals surface area contributed by atoms with E-state index in [-0.39, 0.29) is 49.8 Å². The Kier molecular flexibility index (Phi) is 6.37. The van der Waals surface area contributed by atoms with Crippen LogP contribution in [-0.4, -0.2) is 48.2 Å². The first-order valence-corrected chi connectivity index (χ1v) is 10.4. The van der Waals surface area contributed by atoms with Crippen LogP contribution < -0.4 is 4.74 Å². The van der Waals surface area contributed by atoms with Gasteiger partial charge in [0.2, 0.25) is 0 Å². The molecule has 1 saturated carbocycles. The van der Waals surface area contributed by atoms with Crippen molar-refractivity contribution < 1.29 is 28.8 Å². The van der Waals surface area contributed by atoms with Crippen molar-refractivity contribution in [2.24, 2.45) is 5.92 Å². The maximum atomic E-state index is 11.9. The molecule has 0 radical (unpaired) electrons. The lowest BCUT2D eigenvalue weighted by molar-refractivity contribution is -0.176. The van der Waals surface area contributed by atoms with Crippen LogP contribution in [0.5, 0.6) is 5.75 Å². The Morgan fingerprint density at radius 2 is 1.73 bits per heavy atom. The number of fused-ring (bicyclic) bond motifs is 2. The highest BCUT2D eigenvalue weighted by Gasteiger charge is 2.51. The summed E-state index contributed by atoms with van der Waals surface area (Å²) in [6.45, 7) is 2.35. The fourth-order valence-corrected chi connectivity index (χ4v) is 4.07. The number of rotatable bonds is 9. The molecule has 2 bridgehead atoms. The van der Waals surface area contributed by atoms with Crippen molar-refractivity contribution >= 4 is 5.97 Å². The topological polar surface area (TPSA) is 74.2 Å². The van der Waals surface area contributed by atoms with Gasteiger partial charge in [0.25, 0.3) is 0 Å². The second kappa shape index (κ2) is 9.16. The van der Waals surface area contributed by atoms with E-state index in [9.17, 15) is 9.90 Å². The second-order valence-electron chi connectivity index (χ2n) is 8.34. The molecule has 5 atom stereocenters. The van der Waals surface area contributed by atoms with Crippen molar-refractivity contribution in [1.29, 1.82) is 0 Å². The number of esters is 1. The summed E-state index contributed by atoms with van der Waals surface area (Å²) in [4.78, 5) is 11.9. The highest BCUT2D eigenvalue weighted by Crippen LogP contribution is 2.40. The minimum atomic E-state index is -1.17. The lowest BCUT2D eigenvalue weighted by Gasteiger charge is -2.33. The molecule has 0 amide bonds. The molecule has 2 aromatic carbocycles. The summed E-state index contributed by atoms with van der Waals surface area (Å²) < 4.78 is 23.4. The Hall–Kier alpha value is -2.41. The highest BCUT2D eigenvalue weighted by atomic mass is 16.6. The summed E-state index contributed by atoms with van der Waals surface area (Å²) >= 11 is 0. The van der Waals surface area contributed by atoms with E-state index in [1.165, 1.54) is 0 Å². The average molecular weight is 412 g/mol. The highest BCUT2D eigenvalue weighted by molar-refractivity contribution is 5.71. The van der Waals surface area contributed by atoms with Gasteiger partial charge in [-0.05, 0) is 24.6 Å². The monoisotopic (exact) mass is 412 g/mol. The van der Waals surface area contributed by atoms with E-state index in [1.54, 1.807) is 6.92 Å². The molecular weight excluding hydrogens is 384 g/mol. The van der Waals surface area contributed by atoms with Crippen LogP contribution >= 0.6 is 0 Å². The lowest BCUT2D eigenvalue weighted by atomic mass is 9.97. The molecule has 1 saturated heterocycles. The van der Waals surface area contributed by atoms with Gasteiger partial charge >= 0.3 is 5.97 Å². The fraction of sp³-hybridized carbons (Fsp3) is 0.458. The van der Waals surface area contributed by atoms with Crippen LogP contribution in [-0.2, 0) is 25.6 Å². The Labute approximate surface area is 176 Å². The molecule has 30 heavy (non-hydrogen) atoms. The molecule has 160 valence electrons. The van der Waals surface area contributed by atoms with Gasteiger partial charge in [-0.15, -0.1) is 0 Å². The van der Waals surface area contributed by atoms with Gasteiger partial charge in [-0.25, -0.2) is 0 Å². The number of hydrogen-bond donors (Lipinski definition) is 1. The van der Waals surface area contributed by atoms with E-state index in [2.05, 4.69) is 0 Å². The summed E-state index contributed by atoms with van der Waals surface area (Å²) in [7, 11) is 0. The molecule has 2 aliphatic rings. The Morgan fingerprint density at radius 1 is 1.03 bits per heavy atom. The Balaban J connectivity index is 1.32. The first-order chi connectivity index (χ1) is 14.5. The van der Waals surface area contributed by atoms with Crippen molar-refractivity contribution in [3.63, 3.8) is 0 Å². The fourth-order valence-electron chi connectivity index (χ4n) is 4.07. The van der Waals surface area contributed by atoms with Crippen LogP contribution in [0.4, 0.5) is 0 Å². The molecule has 0 spiro atoms. The molecule has 4 unspecified atom stereocenters. The van der Waals surface area contributed by atoms with Gasteiger partial charge in [0.15, 0.2) is 0 Å². The van der Waals surface area contributed by atoms with Crippen LogP contribution in [0.2, 0.25) is 0 Å². The van der Waals surface area contributed by atoms with E-state index in [4.69, 9.17) is 18.9 Å². The molecule has 2 aromatic rings. The van der Waals surface area contributed by atoms with Crippen LogP contribution in [0, 0.1) is 5.92 Å². The van der Waals surface area contributed by atoms with E-state index in [1.807, 2.05) is 60.7 Å². The van der Waals surface area contributed by atoms with E-state index >= 15 is 0 Å². The molecule has 0 aromatic heterocycles. The minimum absolute atomic E-state index is 0.0780. The molecular formula is C24H28O6. The summed E-state index contributed by atoms with van der Waals surface area (Å²) in [6.07, 6.45) is 0.131. The molecule has 6 heteroatoms. The molecule has 4 rings (SSSR count). The van der Waals surface area contributed by atoms with Crippen molar-refractivity contribution in [3.8, 4) is 5.75 Å². The molecule has 6 nitrogen and oxygen atoms in total. The number of para-hydroxylation sites is 1. The third-order valence-electron chi connectivity index (χ3n) is 5.60. The third-order valence-corrected chi connectivity index (χ3v) is 5.60. The smallest absolute Gasteiger partial charge is 0.306 e. The van der Waals surface area contributed by atoms with Gasteiger partial charge < -0.3 is 24.1 Å². The summed E-state index contributed by atoms with van der Waals surface area (Å²) in [5, 5.41) is 10.7. The largest absolute Gasteiger partial charge is 0.491 e. The van der Waals surface area contributed by atoms with Crippen molar-refractivity contribution in [1.82, 2.24) is 0 Å². The van der Waals surface area contributed by atoms with Gasteiger partial charge in [-0.3, -0.25) is 4.79 Å². The predicted molar refractivity (Wildman–Crippen MR) is 110 cm³/mol. The van der Waals surface area contributed by atoms with Gasteiger partial charge in [-0.2, -0.15) is 0 Å². The summed E-state index contributed by atoms with van der Waals surface area (Å²) in [6, 6.07) is 19.3. The zero-order valence-corrected chi connectivity index (χ0v) is 17.1. The number of aliphatic hydroxyl groups is 1. The maximum absolute atomic E-state index is 11.9. The predicted octanol–water partition coefficient (Wildman–Crippen LogP) is 3.12. The van der Waals surface area contributed by atoms with Gasteiger partial charge in [0, 0.05) is 12.3 Å². The molecule has 1 aliphatic heterocycles. The van der Waals surface area contributed by atoms with E-state index in [0.717, 1.165) is 5.56 Å². The van der Waals surface area contributed by atoms with Crippen LogP contribution in [0.1, 0.15) is 25.3 Å². The normalized spacial score (nSPS) is 27.3. The quantitative estimate of drug-likeness (QED) is 0.638. The third kappa shape index (κ3) is 5.19. The van der Waals surface area contributed by atoms with E-state index in [0.29, 0.717) is 18.8 Å². The maximum Gasteiger partial charge on any atom is 0.306 e. The number of ether oxygens (including phenoxy) is 4. The minimum Gasteiger partial charge on any atom is -0.491 e. The van der Waals surface area contributed by atoms with Crippen molar-refractivity contribution in [2.75, 3.05) is 13.2 Å². The first-order valence-electron chi connectivity index (χ1n) is 10.4. The standard InChI is InChI=1S/C24H28O6/c1-24(26,15-28-18-10-6-3-7-11-18)16-29-23-19-12-22(25)30-21(23)13-20(19)27-14-17-8-4-2-5-9-17/h2-11,19-21,23,26H,12-16H2,1H3/t19?,20?,21-,23?,24?/m1/s1. The number of carbonyl (C=O) groups excluding carboxylic acids is 1. The molecule has 2 fully saturated rings.